The molecule has 0 N–H and O–H groups in total. The SMILES string of the molecule is CCCN1C(=O)/C(=N/N=C\c2ccccc2)c2ccccc21. The van der Waals surface area contributed by atoms with Gasteiger partial charge in [-0.2, -0.15) is 5.10 Å². The summed E-state index contributed by atoms with van der Waals surface area (Å²) in [5, 5.41) is 8.25. The third kappa shape index (κ3) is 2.68. The number of anilines is 1. The van der Waals surface area contributed by atoms with E-state index in [1.54, 1.807) is 11.1 Å². The number of benzene rings is 2. The first-order valence-corrected chi connectivity index (χ1v) is 7.38. The van der Waals surface area contributed by atoms with Crippen LogP contribution in [-0.2, 0) is 4.79 Å². The maximum Gasteiger partial charge on any atom is 0.279 e. The molecule has 3 rings (SSSR count). The predicted octanol–water partition coefficient (Wildman–Crippen LogP) is 3.27. The topological polar surface area (TPSA) is 45.0 Å². The number of hydrogen-bond donors (Lipinski definition) is 0. The maximum absolute atomic E-state index is 12.5. The third-order valence-electron chi connectivity index (χ3n) is 3.51. The van der Waals surface area contributed by atoms with E-state index < -0.39 is 0 Å². The normalized spacial score (nSPS) is 15.8. The van der Waals surface area contributed by atoms with Crippen molar-refractivity contribution in [3.63, 3.8) is 0 Å². The second-order valence-electron chi connectivity index (χ2n) is 5.08. The summed E-state index contributed by atoms with van der Waals surface area (Å²) in [5.41, 5.74) is 3.14. The summed E-state index contributed by atoms with van der Waals surface area (Å²) in [7, 11) is 0. The van der Waals surface area contributed by atoms with Gasteiger partial charge in [-0.15, -0.1) is 5.10 Å². The van der Waals surface area contributed by atoms with Crippen LogP contribution in [0.3, 0.4) is 0 Å². The second kappa shape index (κ2) is 6.35. The van der Waals surface area contributed by atoms with E-state index in [1.807, 2.05) is 54.6 Å². The predicted molar refractivity (Wildman–Crippen MR) is 89.7 cm³/mol. The lowest BCUT2D eigenvalue weighted by Gasteiger charge is -2.14. The molecule has 4 nitrogen and oxygen atoms in total. The molecule has 0 fully saturated rings. The number of rotatable bonds is 4. The van der Waals surface area contributed by atoms with Gasteiger partial charge >= 0.3 is 0 Å². The number of para-hydroxylation sites is 1. The number of amides is 1. The minimum atomic E-state index is -0.0757. The first-order valence-electron chi connectivity index (χ1n) is 7.38. The van der Waals surface area contributed by atoms with Gasteiger partial charge < -0.3 is 4.90 Å². The quantitative estimate of drug-likeness (QED) is 0.630. The Morgan fingerprint density at radius 3 is 2.55 bits per heavy atom. The van der Waals surface area contributed by atoms with Crippen molar-refractivity contribution in [3.8, 4) is 0 Å². The lowest BCUT2D eigenvalue weighted by atomic mass is 10.1. The molecule has 1 amide bonds. The minimum absolute atomic E-state index is 0.0757. The molecule has 0 aliphatic carbocycles. The van der Waals surface area contributed by atoms with Crippen molar-refractivity contribution in [1.82, 2.24) is 0 Å². The van der Waals surface area contributed by atoms with Crippen molar-refractivity contribution in [2.24, 2.45) is 10.2 Å². The zero-order chi connectivity index (χ0) is 15.4. The average Bonchev–Trinajstić information content (AvgIpc) is 2.82. The number of nitrogens with zero attached hydrogens (tertiary/aromatic N) is 3. The molecular formula is C18H17N3O. The molecule has 1 aliphatic heterocycles. The third-order valence-corrected chi connectivity index (χ3v) is 3.51. The van der Waals surface area contributed by atoms with Crippen molar-refractivity contribution in [3.05, 3.63) is 65.7 Å². The van der Waals surface area contributed by atoms with E-state index >= 15 is 0 Å². The van der Waals surface area contributed by atoms with Crippen LogP contribution >= 0.6 is 0 Å². The molecule has 110 valence electrons. The lowest BCUT2D eigenvalue weighted by molar-refractivity contribution is -0.112. The van der Waals surface area contributed by atoms with E-state index in [0.29, 0.717) is 12.3 Å². The van der Waals surface area contributed by atoms with Gasteiger partial charge in [-0.1, -0.05) is 55.5 Å². The molecule has 0 unspecified atom stereocenters. The smallest absolute Gasteiger partial charge is 0.279 e. The summed E-state index contributed by atoms with van der Waals surface area (Å²) in [6.07, 6.45) is 2.56. The minimum Gasteiger partial charge on any atom is -0.306 e. The number of carbonyl (C=O) groups excluding carboxylic acids is 1. The zero-order valence-electron chi connectivity index (χ0n) is 12.4. The number of carbonyl (C=O) groups is 1. The van der Waals surface area contributed by atoms with Crippen LogP contribution in [0.25, 0.3) is 0 Å². The van der Waals surface area contributed by atoms with Gasteiger partial charge in [-0.3, -0.25) is 4.79 Å². The van der Waals surface area contributed by atoms with Crippen LogP contribution in [0.4, 0.5) is 5.69 Å². The van der Waals surface area contributed by atoms with Gasteiger partial charge in [-0.05, 0) is 18.1 Å². The first-order chi connectivity index (χ1) is 10.8. The molecule has 2 aromatic carbocycles. The van der Waals surface area contributed by atoms with Crippen LogP contribution in [0.1, 0.15) is 24.5 Å². The van der Waals surface area contributed by atoms with E-state index in [2.05, 4.69) is 17.1 Å². The van der Waals surface area contributed by atoms with Crippen LogP contribution in [-0.4, -0.2) is 24.4 Å². The van der Waals surface area contributed by atoms with Crippen LogP contribution in [0.2, 0.25) is 0 Å². The monoisotopic (exact) mass is 291 g/mol. The van der Waals surface area contributed by atoms with Crippen molar-refractivity contribution in [2.75, 3.05) is 11.4 Å². The van der Waals surface area contributed by atoms with E-state index in [1.165, 1.54) is 0 Å². The molecule has 1 heterocycles. The fourth-order valence-electron chi connectivity index (χ4n) is 2.50. The van der Waals surface area contributed by atoms with Gasteiger partial charge in [0.25, 0.3) is 5.91 Å². The highest BCUT2D eigenvalue weighted by atomic mass is 16.2. The second-order valence-corrected chi connectivity index (χ2v) is 5.08. The fraction of sp³-hybridized carbons (Fsp3) is 0.167. The van der Waals surface area contributed by atoms with Crippen LogP contribution in [0.5, 0.6) is 0 Å². The van der Waals surface area contributed by atoms with Gasteiger partial charge in [-0.25, -0.2) is 0 Å². The van der Waals surface area contributed by atoms with Crippen molar-refractivity contribution >= 4 is 23.5 Å². The summed E-state index contributed by atoms with van der Waals surface area (Å²) < 4.78 is 0. The van der Waals surface area contributed by atoms with Crippen LogP contribution in [0.15, 0.2) is 64.8 Å². The Morgan fingerprint density at radius 2 is 1.77 bits per heavy atom. The van der Waals surface area contributed by atoms with Gasteiger partial charge in [0.2, 0.25) is 0 Å². The molecule has 0 aromatic heterocycles. The number of fused-ring (bicyclic) bond motifs is 1. The average molecular weight is 291 g/mol. The molecule has 4 heteroatoms. The fourth-order valence-corrected chi connectivity index (χ4v) is 2.50. The maximum atomic E-state index is 12.5. The first kappa shape index (κ1) is 14.2. The molecule has 0 saturated carbocycles. The molecule has 0 atom stereocenters. The highest BCUT2D eigenvalue weighted by molar-refractivity contribution is 6.54. The van der Waals surface area contributed by atoms with Gasteiger partial charge in [0.15, 0.2) is 5.71 Å². The Kier molecular flexibility index (Phi) is 4.10. The summed E-state index contributed by atoms with van der Waals surface area (Å²) in [4.78, 5) is 14.3. The summed E-state index contributed by atoms with van der Waals surface area (Å²) in [6, 6.07) is 17.4. The van der Waals surface area contributed by atoms with Crippen molar-refractivity contribution < 1.29 is 4.79 Å². The lowest BCUT2D eigenvalue weighted by Crippen LogP contribution is -2.30. The Bertz CT molecular complexity index is 735. The molecule has 22 heavy (non-hydrogen) atoms. The van der Waals surface area contributed by atoms with Gasteiger partial charge in [0, 0.05) is 12.1 Å². The zero-order valence-corrected chi connectivity index (χ0v) is 12.4. The van der Waals surface area contributed by atoms with E-state index in [-0.39, 0.29) is 5.91 Å². The van der Waals surface area contributed by atoms with Crippen LogP contribution in [0, 0.1) is 0 Å². The van der Waals surface area contributed by atoms with E-state index in [9.17, 15) is 4.79 Å². The Morgan fingerprint density at radius 1 is 1.05 bits per heavy atom. The standard InChI is InChI=1S/C18H17N3O/c1-2-12-21-16-11-7-6-10-15(16)17(18(21)22)20-19-13-14-8-4-3-5-9-14/h3-11,13H,2,12H2,1H3/b19-13-,20-17+. The number of hydrogen-bond acceptors (Lipinski definition) is 3. The van der Waals surface area contributed by atoms with Gasteiger partial charge in [0.05, 0.1) is 11.9 Å². The molecule has 0 bridgehead atoms. The molecule has 0 radical (unpaired) electrons. The Labute approximate surface area is 129 Å². The Hall–Kier alpha value is -2.75. The van der Waals surface area contributed by atoms with E-state index in [4.69, 9.17) is 0 Å². The Balaban J connectivity index is 1.92. The van der Waals surface area contributed by atoms with E-state index in [0.717, 1.165) is 23.2 Å². The highest BCUT2D eigenvalue weighted by Crippen LogP contribution is 2.29. The summed E-state index contributed by atoms with van der Waals surface area (Å²) in [6.45, 7) is 2.75. The molecular weight excluding hydrogens is 274 g/mol. The highest BCUT2D eigenvalue weighted by Gasteiger charge is 2.33. The van der Waals surface area contributed by atoms with Crippen molar-refractivity contribution in [2.45, 2.75) is 13.3 Å². The van der Waals surface area contributed by atoms with Crippen LogP contribution < -0.4 is 4.90 Å². The van der Waals surface area contributed by atoms with Gasteiger partial charge in [0.1, 0.15) is 0 Å². The molecule has 1 aliphatic rings. The van der Waals surface area contributed by atoms with Crippen molar-refractivity contribution in [1.29, 1.82) is 0 Å². The summed E-state index contributed by atoms with van der Waals surface area (Å²) in [5.74, 6) is -0.0757. The summed E-state index contributed by atoms with van der Waals surface area (Å²) >= 11 is 0. The molecule has 0 saturated heterocycles. The molecule has 2 aromatic rings. The molecule has 0 spiro atoms. The largest absolute Gasteiger partial charge is 0.306 e.